The molecule has 1 aromatic rings. The number of piperidine rings is 1. The second-order valence-electron chi connectivity index (χ2n) is 6.91. The zero-order valence-electron chi connectivity index (χ0n) is 13.3. The number of aliphatic hydroxyl groups is 1. The minimum Gasteiger partial charge on any atom is -0.387 e. The number of benzene rings is 1. The number of rotatable bonds is 5. The summed E-state index contributed by atoms with van der Waals surface area (Å²) in [5.74, 6) is 1.06. The van der Waals surface area contributed by atoms with Gasteiger partial charge in [0.1, 0.15) is 0 Å². The summed E-state index contributed by atoms with van der Waals surface area (Å²) in [7, 11) is 0. The van der Waals surface area contributed by atoms with E-state index in [-0.39, 0.29) is 11.8 Å². The van der Waals surface area contributed by atoms with Crippen molar-refractivity contribution in [1.82, 2.24) is 4.90 Å². The van der Waals surface area contributed by atoms with Gasteiger partial charge in [-0.25, -0.2) is 0 Å². The van der Waals surface area contributed by atoms with Crippen LogP contribution in [0.25, 0.3) is 0 Å². The van der Waals surface area contributed by atoms with Gasteiger partial charge in [0.2, 0.25) is 5.91 Å². The van der Waals surface area contributed by atoms with Crippen molar-refractivity contribution in [1.29, 1.82) is 0 Å². The van der Waals surface area contributed by atoms with Gasteiger partial charge >= 0.3 is 0 Å². The van der Waals surface area contributed by atoms with Gasteiger partial charge in [-0.2, -0.15) is 0 Å². The van der Waals surface area contributed by atoms with Gasteiger partial charge in [-0.1, -0.05) is 19.1 Å². The van der Waals surface area contributed by atoms with Crippen molar-refractivity contribution in [2.75, 3.05) is 25.0 Å². The second-order valence-corrected chi connectivity index (χ2v) is 6.91. The van der Waals surface area contributed by atoms with Crippen LogP contribution in [0.2, 0.25) is 0 Å². The van der Waals surface area contributed by atoms with Crippen LogP contribution in [0.1, 0.15) is 44.3 Å². The second kappa shape index (κ2) is 6.80. The van der Waals surface area contributed by atoms with Crippen molar-refractivity contribution in [3.05, 3.63) is 29.8 Å². The maximum atomic E-state index is 11.7. The third-order valence-corrected chi connectivity index (χ3v) is 4.68. The molecule has 2 fully saturated rings. The summed E-state index contributed by atoms with van der Waals surface area (Å²) < 4.78 is 0. The van der Waals surface area contributed by atoms with Crippen LogP contribution in [0.5, 0.6) is 0 Å². The number of aliphatic hydroxyl groups excluding tert-OH is 1. The molecular weight excluding hydrogens is 276 g/mol. The summed E-state index contributed by atoms with van der Waals surface area (Å²) in [5, 5.41) is 13.3. The molecule has 1 aliphatic heterocycles. The summed E-state index contributed by atoms with van der Waals surface area (Å²) >= 11 is 0. The normalized spacial score (nSPS) is 24.0. The third kappa shape index (κ3) is 4.08. The fraction of sp³-hybridized carbons (Fsp3) is 0.611. The van der Waals surface area contributed by atoms with E-state index in [0.29, 0.717) is 6.54 Å². The summed E-state index contributed by atoms with van der Waals surface area (Å²) in [6, 6.07) is 7.61. The van der Waals surface area contributed by atoms with Gasteiger partial charge in [0.15, 0.2) is 0 Å². The Hall–Kier alpha value is -1.39. The minimum atomic E-state index is -0.460. The number of nitrogens with zero attached hydrogens (tertiary/aromatic N) is 1. The Bertz CT molecular complexity index is 510. The van der Waals surface area contributed by atoms with Gasteiger partial charge in [-0.3, -0.25) is 4.79 Å². The first-order valence-electron chi connectivity index (χ1n) is 8.43. The molecule has 0 bridgehead atoms. The molecule has 1 saturated carbocycles. The van der Waals surface area contributed by atoms with Crippen LogP contribution >= 0.6 is 0 Å². The quantitative estimate of drug-likeness (QED) is 0.879. The van der Waals surface area contributed by atoms with Crippen molar-refractivity contribution in [3.8, 4) is 0 Å². The van der Waals surface area contributed by atoms with Crippen LogP contribution in [-0.4, -0.2) is 35.5 Å². The fourth-order valence-electron chi connectivity index (χ4n) is 3.18. The van der Waals surface area contributed by atoms with Crippen molar-refractivity contribution >= 4 is 11.6 Å². The Morgan fingerprint density at radius 3 is 2.68 bits per heavy atom. The molecule has 22 heavy (non-hydrogen) atoms. The predicted octanol–water partition coefficient (Wildman–Crippen LogP) is 2.80. The van der Waals surface area contributed by atoms with Crippen molar-refractivity contribution in [3.63, 3.8) is 0 Å². The number of nitrogens with one attached hydrogen (secondary N) is 1. The molecule has 2 N–H and O–H groups in total. The van der Waals surface area contributed by atoms with Crippen LogP contribution in [0.15, 0.2) is 24.3 Å². The molecular formula is C18H26N2O2. The molecule has 2 atom stereocenters. The summed E-state index contributed by atoms with van der Waals surface area (Å²) in [6.45, 7) is 5.12. The molecule has 1 aromatic carbocycles. The lowest BCUT2D eigenvalue weighted by atomic mass is 9.99. The zero-order chi connectivity index (χ0) is 15.5. The molecule has 1 amide bonds. The lowest BCUT2D eigenvalue weighted by molar-refractivity contribution is -0.117. The van der Waals surface area contributed by atoms with Gasteiger partial charge in [-0.05, 0) is 55.8 Å². The van der Waals surface area contributed by atoms with Crippen LogP contribution in [0, 0.1) is 11.8 Å². The Morgan fingerprint density at radius 1 is 1.32 bits per heavy atom. The van der Waals surface area contributed by atoms with E-state index >= 15 is 0 Å². The van der Waals surface area contributed by atoms with E-state index in [1.165, 1.54) is 12.8 Å². The van der Waals surface area contributed by atoms with Gasteiger partial charge in [0.25, 0.3) is 0 Å². The summed E-state index contributed by atoms with van der Waals surface area (Å²) in [4.78, 5) is 14.1. The summed E-state index contributed by atoms with van der Waals surface area (Å²) in [5.41, 5.74) is 1.74. The van der Waals surface area contributed by atoms with E-state index < -0.39 is 6.10 Å². The number of amides is 1. The largest absolute Gasteiger partial charge is 0.387 e. The number of hydrogen-bond donors (Lipinski definition) is 2. The molecule has 0 spiro atoms. The van der Waals surface area contributed by atoms with Crippen LogP contribution in [0.4, 0.5) is 5.69 Å². The highest BCUT2D eigenvalue weighted by molar-refractivity contribution is 5.93. The molecule has 4 heteroatoms. The molecule has 4 nitrogen and oxygen atoms in total. The smallest absolute Gasteiger partial charge is 0.227 e. The van der Waals surface area contributed by atoms with E-state index in [2.05, 4.69) is 17.1 Å². The van der Waals surface area contributed by atoms with E-state index in [1.807, 2.05) is 24.3 Å². The Balaban J connectivity index is 1.53. The lowest BCUT2D eigenvalue weighted by Crippen LogP contribution is -2.37. The molecule has 2 aliphatic rings. The number of carbonyl (C=O) groups is 1. The molecule has 3 rings (SSSR count). The van der Waals surface area contributed by atoms with Crippen LogP contribution in [0.3, 0.4) is 0 Å². The van der Waals surface area contributed by atoms with E-state index in [9.17, 15) is 9.90 Å². The first-order chi connectivity index (χ1) is 10.6. The predicted molar refractivity (Wildman–Crippen MR) is 87.6 cm³/mol. The first-order valence-corrected chi connectivity index (χ1v) is 8.43. The van der Waals surface area contributed by atoms with Crippen LogP contribution < -0.4 is 5.32 Å². The van der Waals surface area contributed by atoms with E-state index in [0.717, 1.165) is 43.1 Å². The molecule has 0 radical (unpaired) electrons. The van der Waals surface area contributed by atoms with Gasteiger partial charge in [-0.15, -0.1) is 0 Å². The highest BCUT2D eigenvalue weighted by Crippen LogP contribution is 2.30. The minimum absolute atomic E-state index is 0.121. The van der Waals surface area contributed by atoms with E-state index in [1.54, 1.807) is 0 Å². The third-order valence-electron chi connectivity index (χ3n) is 4.68. The average molecular weight is 302 g/mol. The molecule has 0 aromatic heterocycles. The Kier molecular flexibility index (Phi) is 4.79. The fourth-order valence-corrected chi connectivity index (χ4v) is 3.18. The van der Waals surface area contributed by atoms with Crippen LogP contribution in [-0.2, 0) is 4.79 Å². The molecule has 1 heterocycles. The number of β-amino-alcohol motifs (C(OH)–C–C–N with tert-alkyl or cyclic N) is 1. The SMILES string of the molecule is CC1CCCN(CC(O)c2ccc(NC(=O)C3CC3)cc2)C1. The topological polar surface area (TPSA) is 52.6 Å². The molecule has 120 valence electrons. The average Bonchev–Trinajstić information content (AvgIpc) is 3.32. The highest BCUT2D eigenvalue weighted by atomic mass is 16.3. The molecule has 2 unspecified atom stereocenters. The number of anilines is 1. The number of likely N-dealkylation sites (tertiary alicyclic amines) is 1. The monoisotopic (exact) mass is 302 g/mol. The number of hydrogen-bond acceptors (Lipinski definition) is 3. The van der Waals surface area contributed by atoms with Crippen molar-refractivity contribution in [2.45, 2.75) is 38.7 Å². The first kappa shape index (κ1) is 15.5. The molecule has 1 aliphatic carbocycles. The zero-order valence-corrected chi connectivity index (χ0v) is 13.3. The number of carbonyl (C=O) groups excluding carboxylic acids is 1. The maximum absolute atomic E-state index is 11.7. The summed E-state index contributed by atoms with van der Waals surface area (Å²) in [6.07, 6.45) is 4.08. The Labute approximate surface area is 132 Å². The lowest BCUT2D eigenvalue weighted by Gasteiger charge is -2.32. The van der Waals surface area contributed by atoms with E-state index in [4.69, 9.17) is 0 Å². The van der Waals surface area contributed by atoms with Gasteiger partial charge < -0.3 is 15.3 Å². The highest BCUT2D eigenvalue weighted by Gasteiger charge is 2.29. The van der Waals surface area contributed by atoms with Gasteiger partial charge in [0.05, 0.1) is 6.10 Å². The van der Waals surface area contributed by atoms with Crippen molar-refractivity contribution < 1.29 is 9.90 Å². The maximum Gasteiger partial charge on any atom is 0.227 e. The molecule has 1 saturated heterocycles. The van der Waals surface area contributed by atoms with Gasteiger partial charge in [0, 0.05) is 24.7 Å². The van der Waals surface area contributed by atoms with Crippen molar-refractivity contribution in [2.24, 2.45) is 11.8 Å². The Morgan fingerprint density at radius 2 is 2.05 bits per heavy atom. The standard InChI is InChI=1S/C18H26N2O2/c1-13-3-2-10-20(11-13)12-17(21)14-6-8-16(9-7-14)19-18(22)15-4-5-15/h6-9,13,15,17,21H,2-5,10-12H2,1H3,(H,19,22).